The summed E-state index contributed by atoms with van der Waals surface area (Å²) in [6, 6.07) is 19.2. The average molecular weight is 621 g/mol. The normalized spacial score (nSPS) is 21.6. The van der Waals surface area contributed by atoms with Crippen molar-refractivity contribution in [3.63, 3.8) is 0 Å². The van der Waals surface area contributed by atoms with Gasteiger partial charge in [-0.15, -0.1) is 11.8 Å². The maximum absolute atomic E-state index is 13.9. The van der Waals surface area contributed by atoms with Gasteiger partial charge in [-0.3, -0.25) is 29.8 Å². The molecule has 2 saturated heterocycles. The van der Waals surface area contributed by atoms with E-state index >= 15 is 0 Å². The number of ether oxygens (including phenoxy) is 2. The van der Waals surface area contributed by atoms with Gasteiger partial charge in [0.15, 0.2) is 0 Å². The van der Waals surface area contributed by atoms with Gasteiger partial charge in [-0.05, 0) is 54.8 Å². The van der Waals surface area contributed by atoms with Crippen molar-refractivity contribution in [3.05, 3.63) is 116 Å². The minimum atomic E-state index is -1.80. The lowest BCUT2D eigenvalue weighted by Gasteiger charge is -2.52. The summed E-state index contributed by atoms with van der Waals surface area (Å²) >= 11 is 1.28. The van der Waals surface area contributed by atoms with E-state index in [1.165, 1.54) is 65.2 Å². The van der Waals surface area contributed by atoms with E-state index in [9.17, 15) is 34.6 Å². The van der Waals surface area contributed by atoms with Gasteiger partial charge in [-0.2, -0.15) is 0 Å². The summed E-state index contributed by atoms with van der Waals surface area (Å²) in [4.78, 5) is 62.7. The van der Waals surface area contributed by atoms with Crippen LogP contribution in [-0.2, 0) is 43.5 Å². The van der Waals surface area contributed by atoms with Crippen LogP contribution in [0.5, 0.6) is 0 Å². The van der Waals surface area contributed by atoms with Crippen LogP contribution in [-0.4, -0.2) is 54.4 Å². The number of hydrogen-bond acceptors (Lipinski definition) is 10. The number of nitrogens with zero attached hydrogens (tertiary/aromatic N) is 3. The number of nitrogens with one attached hydrogen (secondary N) is 1. The summed E-state index contributed by atoms with van der Waals surface area (Å²) in [5.41, 5.74) is -0.197. The number of nitro benzene ring substituents is 2. The first-order valence-electron chi connectivity index (χ1n) is 13.5. The smallest absolute Gasteiger partial charge is 0.330 e. The molecule has 2 fully saturated rings. The van der Waals surface area contributed by atoms with Crippen molar-refractivity contribution >= 4 is 40.9 Å². The lowest BCUT2D eigenvalue weighted by atomic mass is 9.93. The first-order chi connectivity index (χ1) is 20.9. The highest BCUT2D eigenvalue weighted by atomic mass is 32.2. The number of nitro groups is 2. The fourth-order valence-electron chi connectivity index (χ4n) is 5.19. The Bertz CT molecular complexity index is 1600. The molecule has 0 saturated carbocycles. The van der Waals surface area contributed by atoms with Crippen LogP contribution in [0.15, 0.2) is 78.9 Å². The molecule has 228 valence electrons. The molecule has 2 aliphatic rings. The first-order valence-corrected chi connectivity index (χ1v) is 14.4. The zero-order valence-corrected chi connectivity index (χ0v) is 24.5. The molecule has 44 heavy (non-hydrogen) atoms. The second-order valence-corrected chi connectivity index (χ2v) is 12.6. The van der Waals surface area contributed by atoms with Crippen LogP contribution in [0.2, 0.25) is 0 Å². The number of non-ortho nitro benzene ring substituents is 2. The monoisotopic (exact) mass is 620 g/mol. The molecule has 3 aromatic rings. The third kappa shape index (κ3) is 5.98. The number of benzene rings is 3. The molecule has 1 N–H and O–H groups in total. The molecule has 2 amide bonds. The van der Waals surface area contributed by atoms with Crippen LogP contribution in [0.4, 0.5) is 11.4 Å². The van der Waals surface area contributed by atoms with Crippen molar-refractivity contribution in [3.8, 4) is 0 Å². The van der Waals surface area contributed by atoms with Crippen molar-refractivity contribution in [1.29, 1.82) is 0 Å². The molecule has 3 aromatic carbocycles. The molecule has 0 spiro atoms. The molecule has 13 nitrogen and oxygen atoms in total. The van der Waals surface area contributed by atoms with Crippen LogP contribution in [0.3, 0.4) is 0 Å². The lowest BCUT2D eigenvalue weighted by Crippen LogP contribution is -2.80. The van der Waals surface area contributed by atoms with Gasteiger partial charge in [0.2, 0.25) is 5.91 Å². The van der Waals surface area contributed by atoms with E-state index in [4.69, 9.17) is 9.47 Å². The predicted molar refractivity (Wildman–Crippen MR) is 158 cm³/mol. The van der Waals surface area contributed by atoms with Gasteiger partial charge in [-0.25, -0.2) is 4.79 Å². The molecule has 3 atom stereocenters. The van der Waals surface area contributed by atoms with Crippen LogP contribution >= 0.6 is 11.8 Å². The molecule has 2 aliphatic heterocycles. The highest BCUT2D eigenvalue weighted by Crippen LogP contribution is 2.55. The van der Waals surface area contributed by atoms with Crippen LogP contribution < -0.4 is 5.32 Å². The molecule has 2 heterocycles. The zero-order chi connectivity index (χ0) is 31.6. The van der Waals surface area contributed by atoms with E-state index in [1.807, 2.05) is 6.07 Å². The van der Waals surface area contributed by atoms with E-state index in [-0.39, 0.29) is 31.0 Å². The molecule has 0 aromatic heterocycles. The number of hydrogen-bond donors (Lipinski definition) is 1. The Hall–Kier alpha value is -4.82. The molecule has 0 aliphatic carbocycles. The van der Waals surface area contributed by atoms with E-state index in [0.717, 1.165) is 5.56 Å². The third-order valence-electron chi connectivity index (χ3n) is 7.40. The number of amides is 2. The summed E-state index contributed by atoms with van der Waals surface area (Å²) in [6.07, 6.45) is -0.0156. The van der Waals surface area contributed by atoms with Gasteiger partial charge >= 0.3 is 5.97 Å². The van der Waals surface area contributed by atoms with E-state index < -0.39 is 49.5 Å². The summed E-state index contributed by atoms with van der Waals surface area (Å²) in [6.45, 7) is 3.27. The van der Waals surface area contributed by atoms with Crippen molar-refractivity contribution in [1.82, 2.24) is 10.2 Å². The van der Waals surface area contributed by atoms with E-state index in [0.29, 0.717) is 11.1 Å². The van der Waals surface area contributed by atoms with Crippen molar-refractivity contribution < 1.29 is 33.7 Å². The Morgan fingerprint density at radius 2 is 1.41 bits per heavy atom. The predicted octanol–water partition coefficient (Wildman–Crippen LogP) is 3.88. The van der Waals surface area contributed by atoms with Gasteiger partial charge < -0.3 is 19.7 Å². The average Bonchev–Trinajstić information content (AvgIpc) is 3.27. The second kappa shape index (κ2) is 12.1. The van der Waals surface area contributed by atoms with Crippen molar-refractivity contribution in [2.24, 2.45) is 0 Å². The molecule has 0 bridgehead atoms. The number of fused-ring (bicyclic) bond motifs is 1. The maximum atomic E-state index is 13.9. The number of β-lactam (4-membered cyclic amide) rings is 1. The fraction of sp³-hybridized carbons (Fsp3) is 0.300. The number of carbonyl (C=O) groups is 3. The highest BCUT2D eigenvalue weighted by molar-refractivity contribution is 8.01. The molecule has 0 unspecified atom stereocenters. The summed E-state index contributed by atoms with van der Waals surface area (Å²) in [7, 11) is 0. The summed E-state index contributed by atoms with van der Waals surface area (Å²) in [5, 5.41) is 24.0. The van der Waals surface area contributed by atoms with Crippen molar-refractivity contribution in [2.45, 2.75) is 55.4 Å². The topological polar surface area (TPSA) is 171 Å². The van der Waals surface area contributed by atoms with Gasteiger partial charge in [0, 0.05) is 29.0 Å². The maximum Gasteiger partial charge on any atom is 0.330 e. The Balaban J connectivity index is 1.35. The minimum absolute atomic E-state index is 0.0156. The molecular weight excluding hydrogens is 592 g/mol. The van der Waals surface area contributed by atoms with Gasteiger partial charge in [0.25, 0.3) is 23.0 Å². The molecule has 5 rings (SSSR count). The minimum Gasteiger partial charge on any atom is -0.459 e. The SMILES string of the molecule is CC1(C)S[C@H]2N(C(=O)[C@]2(NC(=O)Cc2ccccc2)OCc2ccc([N+](=O)[O-])cc2)[C@H]1C(=O)OCc1ccc([N+](=O)[O-])cc1. The Morgan fingerprint density at radius 1 is 0.864 bits per heavy atom. The first kappa shape index (κ1) is 30.6. The standard InChI is InChI=1S/C30H28N4O9S/c1-29(2)25(26(36)42-17-20-8-12-22(13-9-20)33(38)39)32-27(37)30(28(32)44-29,31-24(35)16-19-6-4-3-5-7-19)43-18-21-10-14-23(15-11-21)34(40)41/h3-15,25,28H,16-18H2,1-2H3,(H,31,35)/t25-,28+,30-/m0/s1. The van der Waals surface area contributed by atoms with Gasteiger partial charge in [0.1, 0.15) is 18.0 Å². The van der Waals surface area contributed by atoms with Crippen LogP contribution in [0.25, 0.3) is 0 Å². The van der Waals surface area contributed by atoms with Gasteiger partial charge in [-0.1, -0.05) is 30.3 Å². The highest BCUT2D eigenvalue weighted by Gasteiger charge is 2.73. The largest absolute Gasteiger partial charge is 0.459 e. The Morgan fingerprint density at radius 3 is 1.95 bits per heavy atom. The summed E-state index contributed by atoms with van der Waals surface area (Å²) in [5.74, 6) is -1.76. The fourth-order valence-corrected chi connectivity index (χ4v) is 6.82. The quantitative estimate of drug-likeness (QED) is 0.109. The van der Waals surface area contributed by atoms with Crippen LogP contribution in [0, 0.1) is 20.2 Å². The number of esters is 1. The molecule has 14 heteroatoms. The Kier molecular flexibility index (Phi) is 8.39. The number of thioether (sulfide) groups is 1. The van der Waals surface area contributed by atoms with Gasteiger partial charge in [0.05, 0.1) is 22.9 Å². The second-order valence-electron chi connectivity index (χ2n) is 10.9. The van der Waals surface area contributed by atoms with E-state index in [1.54, 1.807) is 38.1 Å². The molecular formula is C30H28N4O9S. The molecule has 0 radical (unpaired) electrons. The lowest BCUT2D eigenvalue weighted by molar-refractivity contribution is -0.385. The van der Waals surface area contributed by atoms with E-state index in [2.05, 4.69) is 5.32 Å². The third-order valence-corrected chi connectivity index (χ3v) is 9.02. The Labute approximate surface area is 255 Å². The summed E-state index contributed by atoms with van der Waals surface area (Å²) < 4.78 is 10.8. The van der Waals surface area contributed by atoms with Crippen LogP contribution in [0.1, 0.15) is 30.5 Å². The zero-order valence-electron chi connectivity index (χ0n) is 23.7. The number of rotatable bonds is 11. The van der Waals surface area contributed by atoms with Crippen molar-refractivity contribution in [2.75, 3.05) is 0 Å². The number of carbonyl (C=O) groups excluding carboxylic acids is 3.